The van der Waals surface area contributed by atoms with Crippen molar-refractivity contribution in [1.82, 2.24) is 9.55 Å². The third-order valence-electron chi connectivity index (χ3n) is 2.87. The maximum Gasteiger partial charge on any atom is 0.204 e. The Kier molecular flexibility index (Phi) is 3.95. The predicted molar refractivity (Wildman–Crippen MR) is 76.3 cm³/mol. The third-order valence-corrected chi connectivity index (χ3v) is 3.18. The molecule has 102 valence electrons. The zero-order valence-corrected chi connectivity index (χ0v) is 11.9. The number of hydrogen-bond donors (Lipinski definition) is 1. The Labute approximate surface area is 116 Å². The lowest BCUT2D eigenvalue weighted by Crippen LogP contribution is -2.15. The number of hydrogen-bond acceptors (Lipinski definition) is 3. The summed E-state index contributed by atoms with van der Waals surface area (Å²) in [5.41, 5.74) is 1.26. The van der Waals surface area contributed by atoms with E-state index in [0.29, 0.717) is 17.3 Å². The highest BCUT2D eigenvalue weighted by Gasteiger charge is 2.10. The summed E-state index contributed by atoms with van der Waals surface area (Å²) in [6.07, 6.45) is 1.76. The largest absolute Gasteiger partial charge is 0.376 e. The van der Waals surface area contributed by atoms with Gasteiger partial charge in [0, 0.05) is 21.1 Å². The van der Waals surface area contributed by atoms with Crippen molar-refractivity contribution in [1.29, 1.82) is 0 Å². The van der Waals surface area contributed by atoms with Gasteiger partial charge in [-0.15, -0.1) is 0 Å². The number of nitrogens with zero attached hydrogens (tertiary/aromatic N) is 3. The molecule has 0 atom stereocenters. The minimum absolute atomic E-state index is 0.316. The first kappa shape index (κ1) is 13.7. The highest BCUT2D eigenvalue weighted by molar-refractivity contribution is 6.33. The first-order valence-corrected chi connectivity index (χ1v) is 6.24. The van der Waals surface area contributed by atoms with Crippen LogP contribution in [0.5, 0.6) is 0 Å². The van der Waals surface area contributed by atoms with Gasteiger partial charge in [0.15, 0.2) is 0 Å². The summed E-state index contributed by atoms with van der Waals surface area (Å²) in [5.74, 6) is 0.485. The number of benzene rings is 1. The van der Waals surface area contributed by atoms with E-state index < -0.39 is 0 Å². The monoisotopic (exact) mass is 282 g/mol. The lowest BCUT2D eigenvalue weighted by molar-refractivity contribution is 0.629. The summed E-state index contributed by atoms with van der Waals surface area (Å²) in [7, 11) is 5.77. The van der Waals surface area contributed by atoms with Crippen LogP contribution < -0.4 is 10.2 Å². The highest BCUT2D eigenvalue weighted by Crippen LogP contribution is 2.25. The third kappa shape index (κ3) is 2.81. The molecule has 2 rings (SSSR count). The molecule has 0 aliphatic carbocycles. The molecule has 19 heavy (non-hydrogen) atoms. The predicted octanol–water partition coefficient (Wildman–Crippen LogP) is 2.89. The Bertz CT molecular complexity index is 560. The van der Waals surface area contributed by atoms with Gasteiger partial charge in [0.1, 0.15) is 5.82 Å². The summed E-state index contributed by atoms with van der Waals surface area (Å²) < 4.78 is 15.6. The Balaban J connectivity index is 2.15. The topological polar surface area (TPSA) is 33.1 Å². The van der Waals surface area contributed by atoms with Crippen LogP contribution in [0.1, 0.15) is 5.69 Å². The molecule has 1 aromatic carbocycles. The summed E-state index contributed by atoms with van der Waals surface area (Å²) in [6.45, 7) is 0.456. The maximum absolute atomic E-state index is 13.6. The molecule has 0 spiro atoms. The van der Waals surface area contributed by atoms with E-state index in [1.54, 1.807) is 18.3 Å². The van der Waals surface area contributed by atoms with E-state index >= 15 is 0 Å². The molecule has 0 fully saturated rings. The first-order chi connectivity index (χ1) is 9.00. The molecule has 1 N–H and O–H groups in total. The molecular formula is C13H16ClFN4. The van der Waals surface area contributed by atoms with Crippen LogP contribution in [-0.4, -0.2) is 23.6 Å². The molecule has 1 aromatic heterocycles. The molecule has 0 radical (unpaired) electrons. The van der Waals surface area contributed by atoms with Gasteiger partial charge in [-0.25, -0.2) is 9.37 Å². The number of aromatic nitrogens is 2. The summed E-state index contributed by atoms with van der Waals surface area (Å²) >= 11 is 5.96. The molecule has 6 heteroatoms. The second-order valence-corrected chi connectivity index (χ2v) is 4.86. The lowest BCUT2D eigenvalue weighted by atomic mass is 10.3. The van der Waals surface area contributed by atoms with Gasteiger partial charge in [0.05, 0.1) is 29.1 Å². The molecule has 0 amide bonds. The Morgan fingerprint density at radius 2 is 2.16 bits per heavy atom. The van der Waals surface area contributed by atoms with Crippen molar-refractivity contribution < 1.29 is 4.39 Å². The molecule has 0 aliphatic heterocycles. The number of imidazole rings is 1. The summed E-state index contributed by atoms with van der Waals surface area (Å²) in [6, 6.07) is 4.61. The number of para-hydroxylation sites is 1. The van der Waals surface area contributed by atoms with Crippen LogP contribution >= 0.6 is 11.6 Å². The highest BCUT2D eigenvalue weighted by atomic mass is 35.5. The van der Waals surface area contributed by atoms with E-state index in [0.717, 1.165) is 11.6 Å². The van der Waals surface area contributed by atoms with E-state index in [9.17, 15) is 4.39 Å². The quantitative estimate of drug-likeness (QED) is 0.936. The van der Waals surface area contributed by atoms with Crippen LogP contribution in [0, 0.1) is 5.82 Å². The SMILES string of the molecule is CN(C)c1ncc(CNc2c(F)cccc2Cl)n1C. The van der Waals surface area contributed by atoms with E-state index in [2.05, 4.69) is 10.3 Å². The Hall–Kier alpha value is -1.75. The van der Waals surface area contributed by atoms with Crippen LogP contribution in [0.3, 0.4) is 0 Å². The number of anilines is 2. The average Bonchev–Trinajstić information content (AvgIpc) is 2.70. The maximum atomic E-state index is 13.6. The van der Waals surface area contributed by atoms with Gasteiger partial charge in [0.2, 0.25) is 5.95 Å². The fourth-order valence-corrected chi connectivity index (χ4v) is 2.09. The molecule has 0 bridgehead atoms. The number of nitrogens with one attached hydrogen (secondary N) is 1. The first-order valence-electron chi connectivity index (χ1n) is 5.86. The minimum Gasteiger partial charge on any atom is -0.376 e. The standard InChI is InChI=1S/C13H16ClFN4/c1-18(2)13-17-8-9(19(13)3)7-16-12-10(14)5-4-6-11(12)15/h4-6,8,16H,7H2,1-3H3. The molecule has 0 saturated carbocycles. The molecular weight excluding hydrogens is 267 g/mol. The molecule has 1 heterocycles. The fraction of sp³-hybridized carbons (Fsp3) is 0.308. The number of halogens is 2. The van der Waals surface area contributed by atoms with Gasteiger partial charge < -0.3 is 14.8 Å². The average molecular weight is 283 g/mol. The smallest absolute Gasteiger partial charge is 0.204 e. The van der Waals surface area contributed by atoms with Crippen molar-refractivity contribution >= 4 is 23.2 Å². The second-order valence-electron chi connectivity index (χ2n) is 4.45. The van der Waals surface area contributed by atoms with Crippen LogP contribution in [0.4, 0.5) is 16.0 Å². The second kappa shape index (κ2) is 5.48. The van der Waals surface area contributed by atoms with Crippen molar-refractivity contribution in [3.05, 3.63) is 40.9 Å². The Morgan fingerprint density at radius 3 is 2.74 bits per heavy atom. The fourth-order valence-electron chi connectivity index (χ4n) is 1.86. The zero-order valence-electron chi connectivity index (χ0n) is 11.1. The van der Waals surface area contributed by atoms with Gasteiger partial charge in [-0.1, -0.05) is 17.7 Å². The van der Waals surface area contributed by atoms with Crippen molar-refractivity contribution in [3.8, 4) is 0 Å². The van der Waals surface area contributed by atoms with E-state index in [4.69, 9.17) is 11.6 Å². The van der Waals surface area contributed by atoms with E-state index in [1.807, 2.05) is 30.6 Å². The van der Waals surface area contributed by atoms with Crippen molar-refractivity contribution in [2.45, 2.75) is 6.54 Å². The van der Waals surface area contributed by atoms with Crippen LogP contribution in [0.2, 0.25) is 5.02 Å². The number of rotatable bonds is 4. The van der Waals surface area contributed by atoms with Crippen LogP contribution in [0.15, 0.2) is 24.4 Å². The zero-order chi connectivity index (χ0) is 14.0. The van der Waals surface area contributed by atoms with Crippen LogP contribution in [-0.2, 0) is 13.6 Å². The van der Waals surface area contributed by atoms with Gasteiger partial charge in [0.25, 0.3) is 0 Å². The summed E-state index contributed by atoms with van der Waals surface area (Å²) in [4.78, 5) is 6.21. The van der Waals surface area contributed by atoms with Gasteiger partial charge in [-0.2, -0.15) is 0 Å². The van der Waals surface area contributed by atoms with Crippen molar-refractivity contribution in [2.75, 3.05) is 24.3 Å². The Morgan fingerprint density at radius 1 is 1.42 bits per heavy atom. The molecule has 0 unspecified atom stereocenters. The van der Waals surface area contributed by atoms with Gasteiger partial charge in [-0.3, -0.25) is 0 Å². The molecule has 0 saturated heterocycles. The molecule has 0 aliphatic rings. The molecule has 2 aromatic rings. The van der Waals surface area contributed by atoms with E-state index in [-0.39, 0.29) is 5.82 Å². The van der Waals surface area contributed by atoms with Crippen molar-refractivity contribution in [2.24, 2.45) is 7.05 Å². The molecule has 4 nitrogen and oxygen atoms in total. The van der Waals surface area contributed by atoms with Gasteiger partial charge in [-0.05, 0) is 12.1 Å². The van der Waals surface area contributed by atoms with E-state index in [1.165, 1.54) is 6.07 Å². The van der Waals surface area contributed by atoms with Crippen molar-refractivity contribution in [3.63, 3.8) is 0 Å². The minimum atomic E-state index is -0.359. The summed E-state index contributed by atoms with van der Waals surface area (Å²) in [5, 5.41) is 3.37. The van der Waals surface area contributed by atoms with Gasteiger partial charge >= 0.3 is 0 Å². The van der Waals surface area contributed by atoms with Crippen LogP contribution in [0.25, 0.3) is 0 Å². The lowest BCUT2D eigenvalue weighted by Gasteiger charge is -2.13. The normalized spacial score (nSPS) is 10.6.